The van der Waals surface area contributed by atoms with E-state index in [0.29, 0.717) is 24.3 Å². The van der Waals surface area contributed by atoms with Crippen LogP contribution in [0.1, 0.15) is 37.2 Å². The maximum Gasteiger partial charge on any atom is 0.270 e. The Hall–Kier alpha value is -2.47. The van der Waals surface area contributed by atoms with Crippen LogP contribution in [0.25, 0.3) is 0 Å². The summed E-state index contributed by atoms with van der Waals surface area (Å²) in [6.45, 7) is 7.15. The Morgan fingerprint density at radius 3 is 2.96 bits per heavy atom. The van der Waals surface area contributed by atoms with E-state index in [1.807, 2.05) is 0 Å². The predicted molar refractivity (Wildman–Crippen MR) is 102 cm³/mol. The fourth-order valence-electron chi connectivity index (χ4n) is 3.31. The fraction of sp³-hybridized carbons (Fsp3) is 0.429. The van der Waals surface area contributed by atoms with Crippen molar-refractivity contribution in [2.75, 3.05) is 19.6 Å². The number of amides is 1. The molecule has 1 fully saturated rings. The molecular weight excluding hydrogens is 345 g/mol. The Labute approximate surface area is 159 Å². The zero-order valence-corrected chi connectivity index (χ0v) is 15.8. The lowest BCUT2D eigenvalue weighted by atomic mass is 9.97. The average molecular weight is 371 g/mol. The fourth-order valence-corrected chi connectivity index (χ4v) is 3.31. The summed E-state index contributed by atoms with van der Waals surface area (Å²) in [5, 5.41) is 2.97. The van der Waals surface area contributed by atoms with Crippen LogP contribution < -0.4 is 10.1 Å². The van der Waals surface area contributed by atoms with Gasteiger partial charge in [0.2, 0.25) is 0 Å². The lowest BCUT2D eigenvalue weighted by Gasteiger charge is -2.35. The first kappa shape index (κ1) is 19.3. The highest BCUT2D eigenvalue weighted by molar-refractivity contribution is 5.92. The molecule has 1 N–H and O–H groups in total. The first-order chi connectivity index (χ1) is 13.0. The van der Waals surface area contributed by atoms with Crippen molar-refractivity contribution < 1.29 is 13.9 Å². The molecule has 0 saturated carbocycles. The molecule has 0 bridgehead atoms. The maximum absolute atomic E-state index is 13.7. The van der Waals surface area contributed by atoms with E-state index in [0.717, 1.165) is 25.9 Å². The van der Waals surface area contributed by atoms with E-state index in [1.54, 1.807) is 24.3 Å². The molecule has 2 aromatic rings. The normalized spacial score (nSPS) is 17.7. The topological polar surface area (TPSA) is 54.5 Å². The van der Waals surface area contributed by atoms with Crippen molar-refractivity contribution in [1.82, 2.24) is 15.2 Å². The third-order valence-electron chi connectivity index (χ3n) is 4.86. The van der Waals surface area contributed by atoms with Crippen molar-refractivity contribution in [3.05, 3.63) is 54.1 Å². The summed E-state index contributed by atoms with van der Waals surface area (Å²) >= 11 is 0. The highest BCUT2D eigenvalue weighted by atomic mass is 19.1. The number of hydrogen-bond acceptors (Lipinski definition) is 4. The minimum atomic E-state index is -0.452. The summed E-state index contributed by atoms with van der Waals surface area (Å²) in [5.74, 6) is 0.251. The van der Waals surface area contributed by atoms with Crippen LogP contribution in [-0.4, -0.2) is 41.5 Å². The van der Waals surface area contributed by atoms with E-state index in [9.17, 15) is 9.18 Å². The van der Waals surface area contributed by atoms with Crippen molar-refractivity contribution >= 4 is 5.91 Å². The summed E-state index contributed by atoms with van der Waals surface area (Å²) in [4.78, 5) is 19.0. The smallest absolute Gasteiger partial charge is 0.270 e. The van der Waals surface area contributed by atoms with Gasteiger partial charge in [0.25, 0.3) is 5.91 Å². The van der Waals surface area contributed by atoms with Crippen LogP contribution in [0.5, 0.6) is 11.5 Å². The first-order valence-corrected chi connectivity index (χ1v) is 9.43. The Morgan fingerprint density at radius 1 is 1.37 bits per heavy atom. The summed E-state index contributed by atoms with van der Waals surface area (Å²) in [5.41, 5.74) is 0.264. The maximum atomic E-state index is 13.7. The minimum absolute atomic E-state index is 0.117. The van der Waals surface area contributed by atoms with E-state index in [4.69, 9.17) is 4.74 Å². The van der Waals surface area contributed by atoms with Gasteiger partial charge in [-0.1, -0.05) is 12.1 Å². The number of likely N-dealkylation sites (tertiary alicyclic amines) is 1. The second-order valence-electron chi connectivity index (χ2n) is 7.22. The highest BCUT2D eigenvalue weighted by Gasteiger charge is 2.22. The highest BCUT2D eigenvalue weighted by Crippen LogP contribution is 2.24. The summed E-state index contributed by atoms with van der Waals surface area (Å²) in [6.07, 6.45) is 3.77. The number of hydrogen-bond donors (Lipinski definition) is 1. The second kappa shape index (κ2) is 8.95. The minimum Gasteiger partial charge on any atom is -0.454 e. The van der Waals surface area contributed by atoms with Crippen LogP contribution in [-0.2, 0) is 0 Å². The number of benzene rings is 1. The van der Waals surface area contributed by atoms with Gasteiger partial charge in [-0.25, -0.2) is 4.39 Å². The molecule has 27 heavy (non-hydrogen) atoms. The number of aromatic nitrogens is 1. The van der Waals surface area contributed by atoms with Gasteiger partial charge in [-0.3, -0.25) is 9.78 Å². The van der Waals surface area contributed by atoms with Gasteiger partial charge in [0.05, 0.1) is 0 Å². The van der Waals surface area contributed by atoms with Gasteiger partial charge in [-0.2, -0.15) is 0 Å². The van der Waals surface area contributed by atoms with E-state index in [2.05, 4.69) is 29.0 Å². The van der Waals surface area contributed by atoms with Gasteiger partial charge in [-0.15, -0.1) is 0 Å². The lowest BCUT2D eigenvalue weighted by molar-refractivity contribution is 0.0917. The Bertz CT molecular complexity index is 782. The van der Waals surface area contributed by atoms with E-state index in [1.165, 1.54) is 18.3 Å². The number of nitrogens with one attached hydrogen (secondary N) is 1. The van der Waals surface area contributed by atoms with E-state index < -0.39 is 5.82 Å². The van der Waals surface area contributed by atoms with Gasteiger partial charge in [0.1, 0.15) is 11.4 Å². The summed E-state index contributed by atoms with van der Waals surface area (Å²) in [6, 6.07) is 9.82. The lowest BCUT2D eigenvalue weighted by Crippen LogP contribution is -2.43. The predicted octanol–water partition coefficient (Wildman–Crippen LogP) is 3.86. The molecule has 1 aliphatic heterocycles. The number of rotatable bonds is 6. The number of halogens is 1. The van der Waals surface area contributed by atoms with E-state index in [-0.39, 0.29) is 17.4 Å². The molecule has 1 aromatic heterocycles. The van der Waals surface area contributed by atoms with Crippen molar-refractivity contribution in [1.29, 1.82) is 0 Å². The molecule has 0 aliphatic carbocycles. The SMILES string of the molecule is CC(C)N1CCC[C@H](CNC(=O)c2cc(Oc3ccccc3F)ccn2)C1. The number of para-hydroxylation sites is 1. The quantitative estimate of drug-likeness (QED) is 0.838. The summed E-state index contributed by atoms with van der Waals surface area (Å²) in [7, 11) is 0. The van der Waals surface area contributed by atoms with Crippen molar-refractivity contribution in [2.45, 2.75) is 32.7 Å². The Kier molecular flexibility index (Phi) is 6.40. The molecule has 3 rings (SSSR count). The zero-order chi connectivity index (χ0) is 19.2. The number of nitrogens with zero attached hydrogens (tertiary/aromatic N) is 2. The van der Waals surface area contributed by atoms with E-state index >= 15 is 0 Å². The Morgan fingerprint density at radius 2 is 2.19 bits per heavy atom. The van der Waals surface area contributed by atoms with Crippen LogP contribution in [0, 0.1) is 11.7 Å². The van der Waals surface area contributed by atoms with Crippen LogP contribution in [0.4, 0.5) is 4.39 Å². The molecule has 2 heterocycles. The summed E-state index contributed by atoms with van der Waals surface area (Å²) < 4.78 is 19.3. The van der Waals surface area contributed by atoms with Crippen molar-refractivity contribution in [3.63, 3.8) is 0 Å². The van der Waals surface area contributed by atoms with Gasteiger partial charge >= 0.3 is 0 Å². The van der Waals surface area contributed by atoms with Crippen LogP contribution in [0.2, 0.25) is 0 Å². The molecule has 1 saturated heterocycles. The van der Waals surface area contributed by atoms with Gasteiger partial charge in [-0.05, 0) is 57.4 Å². The number of ether oxygens (including phenoxy) is 1. The molecule has 144 valence electrons. The standard InChI is InChI=1S/C21H26FN3O2/c1-15(2)25-11-5-6-16(14-25)13-24-21(26)19-12-17(9-10-23-19)27-20-8-4-3-7-18(20)22/h3-4,7-10,12,15-16H,5-6,11,13-14H2,1-2H3,(H,24,26)/t16-/m1/s1. The zero-order valence-electron chi connectivity index (χ0n) is 15.8. The average Bonchev–Trinajstić information content (AvgIpc) is 2.68. The van der Waals surface area contributed by atoms with Gasteiger partial charge < -0.3 is 15.0 Å². The van der Waals surface area contributed by atoms with Crippen LogP contribution in [0.15, 0.2) is 42.6 Å². The monoisotopic (exact) mass is 371 g/mol. The second-order valence-corrected chi connectivity index (χ2v) is 7.22. The first-order valence-electron chi connectivity index (χ1n) is 9.43. The van der Waals surface area contributed by atoms with Crippen molar-refractivity contribution in [3.8, 4) is 11.5 Å². The third-order valence-corrected chi connectivity index (χ3v) is 4.86. The molecule has 1 amide bonds. The molecule has 1 aliphatic rings. The molecule has 0 radical (unpaired) electrons. The van der Waals surface area contributed by atoms with Crippen LogP contribution in [0.3, 0.4) is 0 Å². The third kappa shape index (κ3) is 5.26. The molecule has 1 aromatic carbocycles. The molecular formula is C21H26FN3O2. The number of piperidine rings is 1. The van der Waals surface area contributed by atoms with Crippen molar-refractivity contribution in [2.24, 2.45) is 5.92 Å². The number of carbonyl (C=O) groups is 1. The van der Waals surface area contributed by atoms with Gasteiger partial charge in [0, 0.05) is 31.4 Å². The Balaban J connectivity index is 1.58. The molecule has 5 nitrogen and oxygen atoms in total. The molecule has 1 atom stereocenters. The van der Waals surface area contributed by atoms with Crippen LogP contribution >= 0.6 is 0 Å². The molecule has 0 unspecified atom stereocenters. The number of carbonyl (C=O) groups excluding carboxylic acids is 1. The van der Waals surface area contributed by atoms with Gasteiger partial charge in [0.15, 0.2) is 11.6 Å². The molecule has 0 spiro atoms. The largest absolute Gasteiger partial charge is 0.454 e. The number of pyridine rings is 1. The molecule has 6 heteroatoms.